The van der Waals surface area contributed by atoms with E-state index in [1.807, 2.05) is 32.0 Å². The van der Waals surface area contributed by atoms with E-state index in [9.17, 15) is 18.8 Å². The molecular formula is C20H20FNO4. The van der Waals surface area contributed by atoms with Crippen LogP contribution in [0, 0.1) is 19.7 Å². The largest absolute Gasteiger partial charge is 0.456 e. The van der Waals surface area contributed by atoms with E-state index in [1.165, 1.54) is 24.3 Å². The standard InChI is InChI=1S/C20H20FNO4/c1-13-4-3-5-14(2)20(13)22-18(24)12-26-19(25)11-10-17(23)15-6-8-16(21)9-7-15/h3-9H,10-12H2,1-2H3,(H,22,24). The Kier molecular flexibility index (Phi) is 6.60. The zero-order valence-corrected chi connectivity index (χ0v) is 14.7. The SMILES string of the molecule is Cc1cccc(C)c1NC(=O)COC(=O)CCC(=O)c1ccc(F)cc1. The summed E-state index contributed by atoms with van der Waals surface area (Å²) < 4.78 is 17.7. The lowest BCUT2D eigenvalue weighted by molar-refractivity contribution is -0.147. The number of halogens is 1. The van der Waals surface area contributed by atoms with Crippen molar-refractivity contribution in [3.8, 4) is 0 Å². The third-order valence-corrected chi connectivity index (χ3v) is 3.83. The van der Waals surface area contributed by atoms with E-state index in [4.69, 9.17) is 4.74 Å². The normalized spacial score (nSPS) is 10.3. The first kappa shape index (κ1) is 19.3. The van der Waals surface area contributed by atoms with Gasteiger partial charge in [0.05, 0.1) is 6.42 Å². The van der Waals surface area contributed by atoms with Crippen molar-refractivity contribution in [3.05, 3.63) is 65.0 Å². The van der Waals surface area contributed by atoms with Crippen LogP contribution < -0.4 is 5.32 Å². The van der Waals surface area contributed by atoms with E-state index >= 15 is 0 Å². The number of benzene rings is 2. The van der Waals surface area contributed by atoms with Crippen molar-refractivity contribution >= 4 is 23.3 Å². The molecule has 0 heterocycles. The molecule has 0 aromatic heterocycles. The smallest absolute Gasteiger partial charge is 0.306 e. The molecule has 2 aromatic carbocycles. The minimum Gasteiger partial charge on any atom is -0.456 e. The molecule has 2 rings (SSSR count). The Morgan fingerprint density at radius 1 is 0.962 bits per heavy atom. The quantitative estimate of drug-likeness (QED) is 0.607. The molecule has 0 atom stereocenters. The highest BCUT2D eigenvalue weighted by Gasteiger charge is 2.13. The Bertz CT molecular complexity index is 795. The maximum absolute atomic E-state index is 12.8. The van der Waals surface area contributed by atoms with Gasteiger partial charge in [-0.05, 0) is 49.2 Å². The van der Waals surface area contributed by atoms with E-state index < -0.39 is 24.3 Å². The Labute approximate surface area is 151 Å². The van der Waals surface area contributed by atoms with Crippen LogP contribution in [0.5, 0.6) is 0 Å². The van der Waals surface area contributed by atoms with Gasteiger partial charge >= 0.3 is 5.97 Å². The fourth-order valence-electron chi connectivity index (χ4n) is 2.40. The van der Waals surface area contributed by atoms with Gasteiger partial charge in [0, 0.05) is 17.7 Å². The summed E-state index contributed by atoms with van der Waals surface area (Å²) in [4.78, 5) is 35.5. The predicted molar refractivity (Wildman–Crippen MR) is 95.5 cm³/mol. The van der Waals surface area contributed by atoms with Gasteiger partial charge in [-0.3, -0.25) is 14.4 Å². The van der Waals surface area contributed by atoms with E-state index in [0.29, 0.717) is 11.3 Å². The van der Waals surface area contributed by atoms with Gasteiger partial charge in [0.25, 0.3) is 5.91 Å². The van der Waals surface area contributed by atoms with Crippen LogP contribution in [-0.2, 0) is 14.3 Å². The molecule has 136 valence electrons. The van der Waals surface area contributed by atoms with Crippen molar-refractivity contribution < 1.29 is 23.5 Å². The summed E-state index contributed by atoms with van der Waals surface area (Å²) in [5.41, 5.74) is 2.84. The summed E-state index contributed by atoms with van der Waals surface area (Å²) in [6, 6.07) is 10.7. The van der Waals surface area contributed by atoms with Crippen LogP contribution in [0.15, 0.2) is 42.5 Å². The van der Waals surface area contributed by atoms with Crippen LogP contribution in [0.1, 0.15) is 34.3 Å². The zero-order valence-electron chi connectivity index (χ0n) is 14.7. The third kappa shape index (κ3) is 5.51. The summed E-state index contributed by atoms with van der Waals surface area (Å²) in [5, 5.41) is 2.71. The molecule has 0 aliphatic carbocycles. The molecule has 0 aliphatic heterocycles. The van der Waals surface area contributed by atoms with Gasteiger partial charge in [-0.2, -0.15) is 0 Å². The Morgan fingerprint density at radius 2 is 1.58 bits per heavy atom. The van der Waals surface area contributed by atoms with Crippen LogP contribution >= 0.6 is 0 Å². The molecule has 5 nitrogen and oxygen atoms in total. The molecule has 26 heavy (non-hydrogen) atoms. The van der Waals surface area contributed by atoms with Gasteiger partial charge in [-0.1, -0.05) is 18.2 Å². The lowest BCUT2D eigenvalue weighted by Crippen LogP contribution is -2.22. The molecule has 0 spiro atoms. The number of ketones is 1. The van der Waals surface area contributed by atoms with E-state index in [2.05, 4.69) is 5.32 Å². The monoisotopic (exact) mass is 357 g/mol. The number of anilines is 1. The Morgan fingerprint density at radius 3 is 2.19 bits per heavy atom. The van der Waals surface area contributed by atoms with Crippen LogP contribution in [0.3, 0.4) is 0 Å². The minimum atomic E-state index is -0.642. The van der Waals surface area contributed by atoms with Crippen molar-refractivity contribution in [2.45, 2.75) is 26.7 Å². The number of rotatable bonds is 7. The number of ether oxygens (including phenoxy) is 1. The van der Waals surface area contributed by atoms with Gasteiger partial charge in [-0.25, -0.2) is 4.39 Å². The number of nitrogens with one attached hydrogen (secondary N) is 1. The molecule has 2 aromatic rings. The molecule has 0 radical (unpaired) electrons. The van der Waals surface area contributed by atoms with Crippen LogP contribution in [0.25, 0.3) is 0 Å². The van der Waals surface area contributed by atoms with Gasteiger partial charge in [0.1, 0.15) is 5.82 Å². The lowest BCUT2D eigenvalue weighted by Gasteiger charge is -2.11. The fourth-order valence-corrected chi connectivity index (χ4v) is 2.40. The fraction of sp³-hybridized carbons (Fsp3) is 0.250. The summed E-state index contributed by atoms with van der Waals surface area (Å²) >= 11 is 0. The number of amides is 1. The molecule has 1 N–H and O–H groups in total. The highest BCUT2D eigenvalue weighted by atomic mass is 19.1. The first-order valence-electron chi connectivity index (χ1n) is 8.17. The van der Waals surface area contributed by atoms with Crippen molar-refractivity contribution in [1.29, 1.82) is 0 Å². The summed E-state index contributed by atoms with van der Waals surface area (Å²) in [5.74, 6) is -1.81. The topological polar surface area (TPSA) is 72.5 Å². The molecule has 0 saturated heterocycles. The number of carbonyl (C=O) groups is 3. The number of Topliss-reactive ketones (excluding diaryl/α,β-unsaturated/α-hetero) is 1. The van der Waals surface area contributed by atoms with Crippen molar-refractivity contribution in [1.82, 2.24) is 0 Å². The number of para-hydroxylation sites is 1. The van der Waals surface area contributed by atoms with Crippen LogP contribution in [-0.4, -0.2) is 24.3 Å². The van der Waals surface area contributed by atoms with E-state index in [1.54, 1.807) is 0 Å². The van der Waals surface area contributed by atoms with Gasteiger partial charge in [0.2, 0.25) is 0 Å². The number of aryl methyl sites for hydroxylation is 2. The molecule has 6 heteroatoms. The van der Waals surface area contributed by atoms with E-state index in [-0.39, 0.29) is 18.6 Å². The predicted octanol–water partition coefficient (Wildman–Crippen LogP) is 3.59. The molecule has 0 aliphatic rings. The number of carbonyl (C=O) groups excluding carboxylic acids is 3. The van der Waals surface area contributed by atoms with Crippen molar-refractivity contribution in [2.75, 3.05) is 11.9 Å². The van der Waals surface area contributed by atoms with Crippen LogP contribution in [0.2, 0.25) is 0 Å². The van der Waals surface area contributed by atoms with Gasteiger partial charge in [0.15, 0.2) is 12.4 Å². The summed E-state index contributed by atoms with van der Waals surface area (Å²) in [6.07, 6.45) is -0.212. The molecular weight excluding hydrogens is 337 g/mol. The van der Waals surface area contributed by atoms with Crippen LogP contribution in [0.4, 0.5) is 10.1 Å². The molecule has 1 amide bonds. The third-order valence-electron chi connectivity index (χ3n) is 3.83. The maximum atomic E-state index is 12.8. The second kappa shape index (κ2) is 8.89. The number of hydrogen-bond donors (Lipinski definition) is 1. The molecule has 0 bridgehead atoms. The number of esters is 1. The molecule has 0 saturated carbocycles. The maximum Gasteiger partial charge on any atom is 0.306 e. The highest BCUT2D eigenvalue weighted by molar-refractivity contribution is 5.98. The van der Waals surface area contributed by atoms with Gasteiger partial charge < -0.3 is 10.1 Å². The highest BCUT2D eigenvalue weighted by Crippen LogP contribution is 2.19. The second-order valence-electron chi connectivity index (χ2n) is 5.91. The first-order chi connectivity index (χ1) is 12.4. The molecule has 0 fully saturated rings. The van der Waals surface area contributed by atoms with Crippen molar-refractivity contribution in [2.24, 2.45) is 0 Å². The number of hydrogen-bond acceptors (Lipinski definition) is 4. The van der Waals surface area contributed by atoms with E-state index in [0.717, 1.165) is 11.1 Å². The first-order valence-corrected chi connectivity index (χ1v) is 8.17. The average Bonchev–Trinajstić information content (AvgIpc) is 2.61. The van der Waals surface area contributed by atoms with Gasteiger partial charge in [-0.15, -0.1) is 0 Å². The zero-order chi connectivity index (χ0) is 19.1. The molecule has 0 unspecified atom stereocenters. The Hall–Kier alpha value is -3.02. The summed E-state index contributed by atoms with van der Waals surface area (Å²) in [7, 11) is 0. The average molecular weight is 357 g/mol. The summed E-state index contributed by atoms with van der Waals surface area (Å²) in [6.45, 7) is 3.32. The van der Waals surface area contributed by atoms with Crippen molar-refractivity contribution in [3.63, 3.8) is 0 Å². The Balaban J connectivity index is 1.77. The second-order valence-corrected chi connectivity index (χ2v) is 5.91. The lowest BCUT2D eigenvalue weighted by atomic mass is 10.1. The minimum absolute atomic E-state index is 0.0665.